The molecule has 0 spiro atoms. The van der Waals surface area contributed by atoms with Gasteiger partial charge in [-0.2, -0.15) is 0 Å². The van der Waals surface area contributed by atoms with E-state index in [1.807, 2.05) is 38.1 Å². The minimum absolute atomic E-state index is 0.0330. The van der Waals surface area contributed by atoms with Gasteiger partial charge in [0.05, 0.1) is 4.90 Å². The van der Waals surface area contributed by atoms with Gasteiger partial charge in [0, 0.05) is 41.8 Å². The highest BCUT2D eigenvalue weighted by Crippen LogP contribution is 2.20. The molecule has 1 saturated heterocycles. The number of hydrogen-bond acceptors (Lipinski definition) is 3. The maximum atomic E-state index is 13.1. The molecule has 3 aromatic rings. The molecule has 0 bridgehead atoms. The van der Waals surface area contributed by atoms with Crippen LogP contribution >= 0.6 is 0 Å². The number of aryl methyl sites for hydroxylation is 2. The first-order chi connectivity index (χ1) is 15.2. The minimum Gasteiger partial charge on any atom is -0.339 e. The van der Waals surface area contributed by atoms with Crippen molar-refractivity contribution in [3.8, 4) is 5.69 Å². The Morgan fingerprint density at radius 1 is 0.906 bits per heavy atom. The number of amides is 1. The fourth-order valence-electron chi connectivity index (χ4n) is 4.11. The van der Waals surface area contributed by atoms with Gasteiger partial charge in [0.15, 0.2) is 0 Å². The van der Waals surface area contributed by atoms with Crippen molar-refractivity contribution >= 4 is 15.9 Å². The molecule has 168 valence electrons. The first-order valence-electron chi connectivity index (χ1n) is 10.6. The van der Waals surface area contributed by atoms with Crippen LogP contribution in [0, 0.1) is 19.7 Å². The summed E-state index contributed by atoms with van der Waals surface area (Å²) in [6.07, 6.45) is 1.04. The molecule has 1 aromatic heterocycles. The Morgan fingerprint density at radius 3 is 2.03 bits per heavy atom. The Kier molecular flexibility index (Phi) is 6.17. The lowest BCUT2D eigenvalue weighted by molar-refractivity contribution is 0.0711. The van der Waals surface area contributed by atoms with Gasteiger partial charge in [0.2, 0.25) is 10.0 Å². The highest BCUT2D eigenvalue weighted by molar-refractivity contribution is 7.89. The van der Waals surface area contributed by atoms with Crippen LogP contribution in [-0.4, -0.2) is 42.9 Å². The van der Waals surface area contributed by atoms with Crippen LogP contribution in [0.2, 0.25) is 0 Å². The number of benzene rings is 2. The van der Waals surface area contributed by atoms with Crippen molar-refractivity contribution in [2.45, 2.75) is 37.6 Å². The van der Waals surface area contributed by atoms with Crippen LogP contribution < -0.4 is 4.72 Å². The summed E-state index contributed by atoms with van der Waals surface area (Å²) in [5.74, 6) is -0.542. The van der Waals surface area contributed by atoms with Crippen molar-refractivity contribution in [3.05, 3.63) is 83.4 Å². The maximum Gasteiger partial charge on any atom is 0.253 e. The van der Waals surface area contributed by atoms with E-state index < -0.39 is 15.8 Å². The fraction of sp³-hybridized carbons (Fsp3) is 0.292. The van der Waals surface area contributed by atoms with Gasteiger partial charge < -0.3 is 9.47 Å². The number of nitrogens with zero attached hydrogens (tertiary/aromatic N) is 2. The molecule has 32 heavy (non-hydrogen) atoms. The minimum atomic E-state index is -3.72. The number of halogens is 1. The Bertz CT molecular complexity index is 1190. The third-order valence-corrected chi connectivity index (χ3v) is 7.41. The van der Waals surface area contributed by atoms with Crippen molar-refractivity contribution < 1.29 is 17.6 Å². The Hall–Kier alpha value is -2.97. The van der Waals surface area contributed by atoms with Gasteiger partial charge in [-0.05, 0) is 87.4 Å². The summed E-state index contributed by atoms with van der Waals surface area (Å²) in [4.78, 5) is 14.7. The molecule has 0 saturated carbocycles. The lowest BCUT2D eigenvalue weighted by Gasteiger charge is -2.32. The van der Waals surface area contributed by atoms with E-state index in [0.29, 0.717) is 31.5 Å². The van der Waals surface area contributed by atoms with Crippen molar-refractivity contribution in [3.63, 3.8) is 0 Å². The van der Waals surface area contributed by atoms with Crippen LogP contribution in [0.5, 0.6) is 0 Å². The number of piperidine rings is 1. The molecule has 1 aliphatic heterocycles. The van der Waals surface area contributed by atoms with Gasteiger partial charge in [0.1, 0.15) is 5.82 Å². The molecule has 0 atom stereocenters. The number of likely N-dealkylation sites (tertiary alicyclic amines) is 1. The monoisotopic (exact) mass is 455 g/mol. The summed E-state index contributed by atoms with van der Waals surface area (Å²) in [5.41, 5.74) is 3.88. The van der Waals surface area contributed by atoms with Crippen molar-refractivity contribution in [1.29, 1.82) is 0 Å². The molecule has 8 heteroatoms. The Morgan fingerprint density at radius 2 is 1.47 bits per heavy atom. The zero-order chi connectivity index (χ0) is 22.9. The van der Waals surface area contributed by atoms with Crippen molar-refractivity contribution in [2.24, 2.45) is 0 Å². The molecule has 0 aliphatic carbocycles. The third-order valence-electron chi connectivity index (χ3n) is 5.87. The van der Waals surface area contributed by atoms with Gasteiger partial charge in [0.25, 0.3) is 5.91 Å². The summed E-state index contributed by atoms with van der Waals surface area (Å²) in [6, 6.07) is 16.1. The molecule has 1 fully saturated rings. The lowest BCUT2D eigenvalue weighted by atomic mass is 10.0. The molecular weight excluding hydrogens is 429 g/mol. The first kappa shape index (κ1) is 22.2. The van der Waals surface area contributed by atoms with Gasteiger partial charge in [-0.1, -0.05) is 0 Å². The first-order valence-corrected chi connectivity index (χ1v) is 12.1. The average molecular weight is 456 g/mol. The van der Waals surface area contributed by atoms with Crippen LogP contribution in [0.15, 0.2) is 65.6 Å². The number of nitrogens with one attached hydrogen (secondary N) is 1. The highest BCUT2D eigenvalue weighted by Gasteiger charge is 2.27. The molecule has 0 radical (unpaired) electrons. The number of carbonyl (C=O) groups excluding carboxylic acids is 1. The van der Waals surface area contributed by atoms with Gasteiger partial charge in [-0.15, -0.1) is 0 Å². The predicted octanol–water partition coefficient (Wildman–Crippen LogP) is 3.82. The third kappa shape index (κ3) is 4.61. The van der Waals surface area contributed by atoms with Crippen LogP contribution in [0.25, 0.3) is 5.69 Å². The van der Waals surface area contributed by atoms with E-state index in [1.165, 1.54) is 12.1 Å². The quantitative estimate of drug-likeness (QED) is 0.636. The number of rotatable bonds is 5. The van der Waals surface area contributed by atoms with E-state index in [2.05, 4.69) is 21.4 Å². The average Bonchev–Trinajstić information content (AvgIpc) is 3.12. The zero-order valence-electron chi connectivity index (χ0n) is 18.1. The SMILES string of the molecule is Cc1ccc(C)n1-c1ccc(C(=O)N2CCC(NS(=O)(=O)c3ccc(F)cc3)CC2)cc1. The molecule has 4 rings (SSSR count). The van der Waals surface area contributed by atoms with E-state index in [9.17, 15) is 17.6 Å². The van der Waals surface area contributed by atoms with Gasteiger partial charge in [-0.3, -0.25) is 4.79 Å². The molecular formula is C24H26FN3O3S. The number of carbonyl (C=O) groups is 1. The lowest BCUT2D eigenvalue weighted by Crippen LogP contribution is -2.46. The van der Waals surface area contributed by atoms with Gasteiger partial charge >= 0.3 is 0 Å². The van der Waals surface area contributed by atoms with Crippen molar-refractivity contribution in [1.82, 2.24) is 14.2 Å². The Balaban J connectivity index is 1.37. The fourth-order valence-corrected chi connectivity index (χ4v) is 5.42. The molecule has 1 aliphatic rings. The molecule has 2 heterocycles. The summed E-state index contributed by atoms with van der Waals surface area (Å²) >= 11 is 0. The molecule has 1 amide bonds. The second-order valence-corrected chi connectivity index (χ2v) is 9.85. The van der Waals surface area contributed by atoms with Crippen molar-refractivity contribution in [2.75, 3.05) is 13.1 Å². The summed E-state index contributed by atoms with van der Waals surface area (Å²) in [7, 11) is -3.72. The zero-order valence-corrected chi connectivity index (χ0v) is 18.9. The largest absolute Gasteiger partial charge is 0.339 e. The summed E-state index contributed by atoms with van der Waals surface area (Å²) in [5, 5.41) is 0. The van der Waals surface area contributed by atoms with Crippen LogP contribution in [0.4, 0.5) is 4.39 Å². The maximum absolute atomic E-state index is 13.1. The molecule has 0 unspecified atom stereocenters. The molecule has 2 aromatic carbocycles. The molecule has 6 nitrogen and oxygen atoms in total. The van der Waals surface area contributed by atoms with Crippen LogP contribution in [-0.2, 0) is 10.0 Å². The summed E-state index contributed by atoms with van der Waals surface area (Å²) in [6.45, 7) is 5.01. The van der Waals surface area contributed by atoms with E-state index in [-0.39, 0.29) is 16.8 Å². The summed E-state index contributed by atoms with van der Waals surface area (Å²) < 4.78 is 42.9. The van der Waals surface area contributed by atoms with Gasteiger partial charge in [-0.25, -0.2) is 17.5 Å². The second kappa shape index (κ2) is 8.88. The predicted molar refractivity (Wildman–Crippen MR) is 121 cm³/mol. The normalized spacial score (nSPS) is 15.2. The van der Waals surface area contributed by atoms with E-state index in [1.54, 1.807) is 4.90 Å². The van der Waals surface area contributed by atoms with Crippen LogP contribution in [0.3, 0.4) is 0 Å². The number of sulfonamides is 1. The molecule has 1 N–H and O–H groups in total. The number of aromatic nitrogens is 1. The number of hydrogen-bond donors (Lipinski definition) is 1. The topological polar surface area (TPSA) is 71.4 Å². The van der Waals surface area contributed by atoms with E-state index in [4.69, 9.17) is 0 Å². The smallest absolute Gasteiger partial charge is 0.253 e. The Labute approximate surface area is 187 Å². The van der Waals surface area contributed by atoms with E-state index >= 15 is 0 Å². The highest BCUT2D eigenvalue weighted by atomic mass is 32.2. The van der Waals surface area contributed by atoms with E-state index in [0.717, 1.165) is 29.2 Å². The second-order valence-electron chi connectivity index (χ2n) is 8.14. The van der Waals surface area contributed by atoms with Crippen LogP contribution in [0.1, 0.15) is 34.6 Å². The standard InChI is InChI=1S/C24H26FN3O3S/c1-17-3-4-18(2)28(17)22-9-5-19(6-10-22)24(29)27-15-13-21(14-16-27)26-32(30,31)23-11-7-20(25)8-12-23/h3-12,21,26H,13-16H2,1-2H3.